The Bertz CT molecular complexity index is 651. The molecule has 0 saturated carbocycles. The van der Waals surface area contributed by atoms with E-state index in [1.165, 1.54) is 0 Å². The highest BCUT2D eigenvalue weighted by Gasteiger charge is 2.25. The van der Waals surface area contributed by atoms with Gasteiger partial charge in [0, 0.05) is 12.7 Å². The minimum atomic E-state index is -0.484. The van der Waals surface area contributed by atoms with Crippen molar-refractivity contribution < 1.29 is 4.92 Å². The van der Waals surface area contributed by atoms with Crippen molar-refractivity contribution in [2.24, 2.45) is 0 Å². The van der Waals surface area contributed by atoms with Gasteiger partial charge in [-0.05, 0) is 37.6 Å². The third-order valence-electron chi connectivity index (χ3n) is 2.96. The summed E-state index contributed by atoms with van der Waals surface area (Å²) in [5.41, 5.74) is 0.910. The number of pyridine rings is 1. The Morgan fingerprint density at radius 2 is 2.14 bits per heavy atom. The van der Waals surface area contributed by atoms with Gasteiger partial charge in [-0.15, -0.1) is 0 Å². The molecule has 0 aromatic carbocycles. The van der Waals surface area contributed by atoms with Crippen LogP contribution in [0, 0.1) is 17.0 Å². The van der Waals surface area contributed by atoms with Crippen LogP contribution in [-0.2, 0) is 6.54 Å². The van der Waals surface area contributed by atoms with E-state index < -0.39 is 4.92 Å². The Balaban J connectivity index is 2.44. The topological polar surface area (TPSA) is 85.0 Å². The van der Waals surface area contributed by atoms with E-state index in [1.54, 1.807) is 18.0 Å². The fourth-order valence-electron chi connectivity index (χ4n) is 1.98. The Morgan fingerprint density at radius 3 is 2.71 bits per heavy atom. The lowest BCUT2D eigenvalue weighted by Gasteiger charge is -2.21. The molecule has 0 saturated heterocycles. The van der Waals surface area contributed by atoms with Gasteiger partial charge < -0.3 is 4.90 Å². The van der Waals surface area contributed by atoms with Crippen molar-refractivity contribution in [2.75, 3.05) is 11.4 Å². The van der Waals surface area contributed by atoms with E-state index >= 15 is 0 Å². The van der Waals surface area contributed by atoms with E-state index in [4.69, 9.17) is 11.6 Å². The Kier molecular flexibility index (Phi) is 4.64. The van der Waals surface area contributed by atoms with Gasteiger partial charge in [0.25, 0.3) is 0 Å². The number of nitrogens with zero attached hydrogens (tertiary/aromatic N) is 5. The van der Waals surface area contributed by atoms with E-state index in [1.807, 2.05) is 25.1 Å². The number of aromatic nitrogens is 3. The van der Waals surface area contributed by atoms with Gasteiger partial charge in [0.15, 0.2) is 0 Å². The van der Waals surface area contributed by atoms with E-state index in [-0.39, 0.29) is 22.5 Å². The van der Waals surface area contributed by atoms with Crippen LogP contribution in [0.5, 0.6) is 0 Å². The molecule has 0 atom stereocenters. The largest absolute Gasteiger partial charge is 0.345 e. The smallest absolute Gasteiger partial charge is 0.332 e. The lowest BCUT2D eigenvalue weighted by molar-refractivity contribution is -0.385. The molecule has 0 aliphatic heterocycles. The van der Waals surface area contributed by atoms with E-state index in [2.05, 4.69) is 15.0 Å². The van der Waals surface area contributed by atoms with Crippen LogP contribution in [0.25, 0.3) is 0 Å². The summed E-state index contributed by atoms with van der Waals surface area (Å²) < 4.78 is 0. The molecule has 0 radical (unpaired) electrons. The van der Waals surface area contributed by atoms with Crippen LogP contribution in [0.2, 0.25) is 5.28 Å². The molecule has 110 valence electrons. The average molecular weight is 308 g/mol. The number of aryl methyl sites for hydroxylation is 1. The summed E-state index contributed by atoms with van der Waals surface area (Å²) in [7, 11) is 0. The van der Waals surface area contributed by atoms with Gasteiger partial charge in [-0.25, -0.2) is 4.98 Å². The molecule has 0 aliphatic carbocycles. The minimum absolute atomic E-state index is 0.00688. The maximum atomic E-state index is 11.3. The second-order valence-electron chi connectivity index (χ2n) is 4.34. The van der Waals surface area contributed by atoms with Crippen LogP contribution in [0.1, 0.15) is 18.3 Å². The van der Waals surface area contributed by atoms with Crippen molar-refractivity contribution in [3.05, 3.63) is 51.2 Å². The average Bonchev–Trinajstić information content (AvgIpc) is 2.44. The van der Waals surface area contributed by atoms with Gasteiger partial charge >= 0.3 is 5.69 Å². The summed E-state index contributed by atoms with van der Waals surface area (Å²) in [6, 6.07) is 5.53. The second kappa shape index (κ2) is 6.45. The van der Waals surface area contributed by atoms with E-state index in [0.717, 1.165) is 5.69 Å². The number of anilines is 1. The molecule has 0 aliphatic rings. The molecule has 0 spiro atoms. The molecule has 2 aromatic heterocycles. The lowest BCUT2D eigenvalue weighted by atomic mass is 10.3. The van der Waals surface area contributed by atoms with Crippen LogP contribution >= 0.6 is 11.6 Å². The van der Waals surface area contributed by atoms with E-state index in [0.29, 0.717) is 13.1 Å². The second-order valence-corrected chi connectivity index (χ2v) is 4.68. The first-order chi connectivity index (χ1) is 10.0. The monoisotopic (exact) mass is 307 g/mol. The van der Waals surface area contributed by atoms with Gasteiger partial charge in [-0.1, -0.05) is 6.07 Å². The number of rotatable bonds is 5. The first kappa shape index (κ1) is 15.1. The number of hydrogen-bond acceptors (Lipinski definition) is 6. The number of nitro groups is 1. The van der Waals surface area contributed by atoms with Crippen LogP contribution in [-0.4, -0.2) is 26.4 Å². The summed E-state index contributed by atoms with van der Waals surface area (Å²) in [4.78, 5) is 24.6. The van der Waals surface area contributed by atoms with Crippen LogP contribution in [0.15, 0.2) is 24.4 Å². The third kappa shape index (κ3) is 3.43. The Morgan fingerprint density at radius 1 is 1.38 bits per heavy atom. The highest BCUT2D eigenvalue weighted by molar-refractivity contribution is 6.28. The molecule has 8 heteroatoms. The maximum absolute atomic E-state index is 11.3. The van der Waals surface area contributed by atoms with Gasteiger partial charge in [0.05, 0.1) is 17.2 Å². The molecular weight excluding hydrogens is 294 g/mol. The standard InChI is InChI=1S/C13H14ClN5O2/c1-3-18(8-10-6-4-5-7-15-10)12-11(19(20)21)9(2)16-13(14)17-12/h4-7H,3,8H2,1-2H3. The zero-order valence-corrected chi connectivity index (χ0v) is 12.4. The quantitative estimate of drug-likeness (QED) is 0.479. The maximum Gasteiger partial charge on any atom is 0.332 e. The van der Waals surface area contributed by atoms with Crippen molar-refractivity contribution in [3.8, 4) is 0 Å². The highest BCUT2D eigenvalue weighted by Crippen LogP contribution is 2.30. The number of halogens is 1. The fraction of sp³-hybridized carbons (Fsp3) is 0.308. The summed E-state index contributed by atoms with van der Waals surface area (Å²) in [5.74, 6) is 0.214. The minimum Gasteiger partial charge on any atom is -0.345 e. The van der Waals surface area contributed by atoms with Gasteiger partial charge in [0.1, 0.15) is 5.69 Å². The van der Waals surface area contributed by atoms with Crippen molar-refractivity contribution in [1.29, 1.82) is 0 Å². The molecule has 21 heavy (non-hydrogen) atoms. The molecular formula is C13H14ClN5O2. The first-order valence-corrected chi connectivity index (χ1v) is 6.74. The molecule has 0 fully saturated rings. The van der Waals surface area contributed by atoms with Crippen molar-refractivity contribution in [3.63, 3.8) is 0 Å². The molecule has 2 rings (SSSR count). The first-order valence-electron chi connectivity index (χ1n) is 6.36. The third-order valence-corrected chi connectivity index (χ3v) is 3.12. The molecule has 0 unspecified atom stereocenters. The Labute approximate surface area is 126 Å². The molecule has 2 heterocycles. The zero-order valence-electron chi connectivity index (χ0n) is 11.7. The summed E-state index contributed by atoms with van der Waals surface area (Å²) >= 11 is 5.84. The molecule has 0 N–H and O–H groups in total. The highest BCUT2D eigenvalue weighted by atomic mass is 35.5. The molecule has 2 aromatic rings. The predicted octanol–water partition coefficient (Wildman–Crippen LogP) is 2.77. The van der Waals surface area contributed by atoms with E-state index in [9.17, 15) is 10.1 Å². The summed E-state index contributed by atoms with van der Waals surface area (Å²) in [6.45, 7) is 4.37. The summed E-state index contributed by atoms with van der Waals surface area (Å²) in [6.07, 6.45) is 1.68. The molecule has 7 nitrogen and oxygen atoms in total. The SMILES string of the molecule is CCN(Cc1ccccn1)c1nc(Cl)nc(C)c1[N+](=O)[O-]. The predicted molar refractivity (Wildman–Crippen MR) is 79.4 cm³/mol. The Hall–Kier alpha value is -2.28. The zero-order chi connectivity index (χ0) is 15.4. The summed E-state index contributed by atoms with van der Waals surface area (Å²) in [5, 5.41) is 11.3. The van der Waals surface area contributed by atoms with Crippen LogP contribution < -0.4 is 4.90 Å². The van der Waals surface area contributed by atoms with Gasteiger partial charge in [0.2, 0.25) is 11.1 Å². The normalized spacial score (nSPS) is 10.4. The van der Waals surface area contributed by atoms with Crippen LogP contribution in [0.3, 0.4) is 0 Å². The van der Waals surface area contributed by atoms with Gasteiger partial charge in [-0.3, -0.25) is 15.1 Å². The fourth-order valence-corrected chi connectivity index (χ4v) is 2.18. The number of hydrogen-bond donors (Lipinski definition) is 0. The van der Waals surface area contributed by atoms with Crippen LogP contribution in [0.4, 0.5) is 11.5 Å². The van der Waals surface area contributed by atoms with Crippen molar-refractivity contribution in [2.45, 2.75) is 20.4 Å². The van der Waals surface area contributed by atoms with Crippen molar-refractivity contribution in [1.82, 2.24) is 15.0 Å². The van der Waals surface area contributed by atoms with Crippen molar-refractivity contribution >= 4 is 23.1 Å². The lowest BCUT2D eigenvalue weighted by Crippen LogP contribution is -2.25. The molecule has 0 bridgehead atoms. The van der Waals surface area contributed by atoms with Gasteiger partial charge in [-0.2, -0.15) is 4.98 Å². The molecule has 0 amide bonds.